The number of benzene rings is 2. The minimum atomic E-state index is -0.0158. The Balaban J connectivity index is 1.57. The predicted octanol–water partition coefficient (Wildman–Crippen LogP) is 7.33. The Hall–Kier alpha value is -2.04. The molecule has 2 aromatic carbocycles. The molecule has 2 unspecified atom stereocenters. The first kappa shape index (κ1) is 26.6. The molecule has 0 spiro atoms. The maximum atomic E-state index is 6.26. The third-order valence-corrected chi connectivity index (χ3v) is 8.46. The number of ether oxygens (including phenoxy) is 4. The second-order valence-electron chi connectivity index (χ2n) is 13.7. The molecular formula is C33H46O4. The van der Waals surface area contributed by atoms with Gasteiger partial charge in [0.2, 0.25) is 0 Å². The second-order valence-corrected chi connectivity index (χ2v) is 13.7. The number of rotatable bonds is 8. The maximum absolute atomic E-state index is 6.26. The van der Waals surface area contributed by atoms with Gasteiger partial charge >= 0.3 is 0 Å². The highest BCUT2D eigenvalue weighted by Gasteiger charge is 2.40. The molecule has 0 amide bonds. The lowest BCUT2D eigenvalue weighted by atomic mass is 9.62. The standard InChI is InChI=1S/C33H46O4/c1-22-12-14-33(15-13-22,23-8-10-29(36-20-25-18-34-25)27(16-23)31(2,3)4)24-9-11-30(37-21-26-19-35-26)28(17-24)32(5,6)7/h8-11,16-17,22,25-26H,12-15,18-21H2,1-7H3. The zero-order valence-electron chi connectivity index (χ0n) is 24.0. The van der Waals surface area contributed by atoms with E-state index in [1.54, 1.807) is 0 Å². The largest absolute Gasteiger partial charge is 0.490 e. The van der Waals surface area contributed by atoms with Crippen LogP contribution < -0.4 is 9.47 Å². The molecule has 1 aliphatic carbocycles. The van der Waals surface area contributed by atoms with Crippen LogP contribution in [0.5, 0.6) is 11.5 Å². The zero-order valence-corrected chi connectivity index (χ0v) is 24.0. The van der Waals surface area contributed by atoms with E-state index in [1.165, 1.54) is 35.1 Å². The van der Waals surface area contributed by atoms with Gasteiger partial charge in [0.1, 0.15) is 36.9 Å². The summed E-state index contributed by atoms with van der Waals surface area (Å²) in [6, 6.07) is 14.0. The molecule has 0 bridgehead atoms. The van der Waals surface area contributed by atoms with Gasteiger partial charge in [-0.15, -0.1) is 0 Å². The normalized spacial score (nSPS) is 27.6. The fourth-order valence-electron chi connectivity index (χ4n) is 5.77. The molecule has 5 rings (SSSR count). The second kappa shape index (κ2) is 9.93. The van der Waals surface area contributed by atoms with Crippen LogP contribution >= 0.6 is 0 Å². The molecule has 0 N–H and O–H groups in total. The van der Waals surface area contributed by atoms with Crippen LogP contribution in [0.3, 0.4) is 0 Å². The number of epoxide rings is 2. The van der Waals surface area contributed by atoms with E-state index in [9.17, 15) is 0 Å². The van der Waals surface area contributed by atoms with E-state index in [4.69, 9.17) is 18.9 Å². The van der Waals surface area contributed by atoms with Crippen molar-refractivity contribution in [2.45, 2.75) is 103 Å². The summed E-state index contributed by atoms with van der Waals surface area (Å²) < 4.78 is 23.3. The summed E-state index contributed by atoms with van der Waals surface area (Å²) >= 11 is 0. The van der Waals surface area contributed by atoms with Gasteiger partial charge in [0, 0.05) is 5.41 Å². The van der Waals surface area contributed by atoms with Crippen LogP contribution in [0.2, 0.25) is 0 Å². The van der Waals surface area contributed by atoms with Crippen molar-refractivity contribution in [1.29, 1.82) is 0 Å². The first-order chi connectivity index (χ1) is 17.5. The van der Waals surface area contributed by atoms with Crippen molar-refractivity contribution in [2.24, 2.45) is 5.92 Å². The topological polar surface area (TPSA) is 43.5 Å². The van der Waals surface area contributed by atoms with Crippen LogP contribution in [0.4, 0.5) is 0 Å². The maximum Gasteiger partial charge on any atom is 0.123 e. The fourth-order valence-corrected chi connectivity index (χ4v) is 5.77. The average Bonchev–Trinajstić information content (AvgIpc) is 3.76. The van der Waals surface area contributed by atoms with Crippen molar-refractivity contribution in [3.63, 3.8) is 0 Å². The molecule has 0 radical (unpaired) electrons. The molecular weight excluding hydrogens is 460 g/mol. The van der Waals surface area contributed by atoms with Gasteiger partial charge in [-0.05, 0) is 76.8 Å². The highest BCUT2D eigenvalue weighted by Crippen LogP contribution is 2.49. The number of hydrogen-bond acceptors (Lipinski definition) is 4. The van der Waals surface area contributed by atoms with E-state index in [0.29, 0.717) is 13.2 Å². The van der Waals surface area contributed by atoms with Crippen LogP contribution in [0.1, 0.15) is 96.4 Å². The van der Waals surface area contributed by atoms with E-state index in [1.807, 2.05) is 0 Å². The number of hydrogen-bond donors (Lipinski definition) is 0. The minimum Gasteiger partial charge on any atom is -0.490 e. The lowest BCUT2D eigenvalue weighted by molar-refractivity contribution is 0.255. The molecule has 202 valence electrons. The molecule has 1 saturated carbocycles. The Morgan fingerprint density at radius 2 is 1.14 bits per heavy atom. The lowest BCUT2D eigenvalue weighted by Crippen LogP contribution is -2.33. The van der Waals surface area contributed by atoms with Gasteiger partial charge in [0.25, 0.3) is 0 Å². The fraction of sp³-hybridized carbons (Fsp3) is 0.636. The van der Waals surface area contributed by atoms with E-state index in [2.05, 4.69) is 84.9 Å². The van der Waals surface area contributed by atoms with Gasteiger partial charge in [-0.3, -0.25) is 0 Å². The summed E-state index contributed by atoms with van der Waals surface area (Å²) in [6.07, 6.45) is 5.30. The summed E-state index contributed by atoms with van der Waals surface area (Å²) in [4.78, 5) is 0. The predicted molar refractivity (Wildman–Crippen MR) is 149 cm³/mol. The van der Waals surface area contributed by atoms with Crippen molar-refractivity contribution < 1.29 is 18.9 Å². The molecule has 3 fully saturated rings. The molecule has 2 heterocycles. The Morgan fingerprint density at radius 3 is 1.49 bits per heavy atom. The molecule has 37 heavy (non-hydrogen) atoms. The highest BCUT2D eigenvalue weighted by atomic mass is 16.6. The van der Waals surface area contributed by atoms with Crippen molar-refractivity contribution in [2.75, 3.05) is 26.4 Å². The quantitative estimate of drug-likeness (QED) is 0.352. The van der Waals surface area contributed by atoms with Crippen molar-refractivity contribution in [1.82, 2.24) is 0 Å². The molecule has 3 aliphatic rings. The highest BCUT2D eigenvalue weighted by molar-refractivity contribution is 5.51. The van der Waals surface area contributed by atoms with Gasteiger partial charge in [-0.25, -0.2) is 0 Å². The first-order valence-electron chi connectivity index (χ1n) is 14.2. The van der Waals surface area contributed by atoms with Gasteiger partial charge in [0.15, 0.2) is 0 Å². The summed E-state index contributed by atoms with van der Waals surface area (Å²) in [5.74, 6) is 2.75. The van der Waals surface area contributed by atoms with E-state index < -0.39 is 0 Å². The molecule has 4 nitrogen and oxygen atoms in total. The molecule has 2 aliphatic heterocycles. The average molecular weight is 507 g/mol. The Kier molecular flexibility index (Phi) is 7.13. The minimum absolute atomic E-state index is 0.0111. The third-order valence-electron chi connectivity index (χ3n) is 8.46. The molecule has 2 aromatic rings. The zero-order chi connectivity index (χ0) is 26.4. The first-order valence-corrected chi connectivity index (χ1v) is 14.2. The molecule has 2 saturated heterocycles. The lowest BCUT2D eigenvalue weighted by Gasteiger charge is -2.42. The van der Waals surface area contributed by atoms with Crippen LogP contribution in [0.15, 0.2) is 36.4 Å². The van der Waals surface area contributed by atoms with Gasteiger partial charge in [-0.2, -0.15) is 0 Å². The Bertz CT molecular complexity index is 1010. The van der Waals surface area contributed by atoms with Gasteiger partial charge in [-0.1, -0.05) is 72.7 Å². The summed E-state index contributed by atoms with van der Waals surface area (Å²) in [5, 5.41) is 0. The van der Waals surface area contributed by atoms with Crippen molar-refractivity contribution in [3.05, 3.63) is 58.7 Å². The van der Waals surface area contributed by atoms with Crippen LogP contribution in [-0.2, 0) is 25.7 Å². The van der Waals surface area contributed by atoms with E-state index >= 15 is 0 Å². The Labute approximate surface area is 224 Å². The Morgan fingerprint density at radius 1 is 0.730 bits per heavy atom. The smallest absolute Gasteiger partial charge is 0.123 e. The summed E-state index contributed by atoms with van der Waals surface area (Å²) in [5.41, 5.74) is 5.35. The van der Waals surface area contributed by atoms with Crippen LogP contribution in [0, 0.1) is 5.92 Å². The summed E-state index contributed by atoms with van der Waals surface area (Å²) in [6.45, 7) is 19.0. The molecule has 0 aromatic heterocycles. The van der Waals surface area contributed by atoms with Crippen molar-refractivity contribution in [3.8, 4) is 11.5 Å². The third kappa shape index (κ3) is 6.01. The van der Waals surface area contributed by atoms with E-state index in [0.717, 1.165) is 43.5 Å². The van der Waals surface area contributed by atoms with Crippen LogP contribution in [-0.4, -0.2) is 38.6 Å². The van der Waals surface area contributed by atoms with E-state index in [-0.39, 0.29) is 28.5 Å². The van der Waals surface area contributed by atoms with Crippen LogP contribution in [0.25, 0.3) is 0 Å². The monoisotopic (exact) mass is 506 g/mol. The van der Waals surface area contributed by atoms with Gasteiger partial charge < -0.3 is 18.9 Å². The molecule has 2 atom stereocenters. The summed E-state index contributed by atoms with van der Waals surface area (Å²) in [7, 11) is 0. The van der Waals surface area contributed by atoms with Gasteiger partial charge in [0.05, 0.1) is 13.2 Å². The molecule has 4 heteroatoms. The SMILES string of the molecule is CC1CCC(c2ccc(OCC3CO3)c(C(C)(C)C)c2)(c2ccc(OCC3CO3)c(C(C)(C)C)c2)CC1. The van der Waals surface area contributed by atoms with Crippen molar-refractivity contribution >= 4 is 0 Å².